The maximum Gasteiger partial charge on any atom is 0.117 e. The van der Waals surface area contributed by atoms with Gasteiger partial charge < -0.3 is 10.2 Å². The van der Waals surface area contributed by atoms with Crippen molar-refractivity contribution < 1.29 is 14.4 Å². The van der Waals surface area contributed by atoms with Gasteiger partial charge in [-0.25, -0.2) is 0 Å². The molecule has 0 heterocycles. The van der Waals surface area contributed by atoms with Gasteiger partial charge in [-0.3, -0.25) is 4.21 Å². The normalized spacial score (nSPS) is 30.4. The Morgan fingerprint density at radius 1 is 1.46 bits per heavy atom. The Kier molecular flexibility index (Phi) is 3.41. The molecule has 0 saturated carbocycles. The molecule has 0 aromatic carbocycles. The third kappa shape index (κ3) is 2.27. The number of allylic oxidation sites excluding steroid dienone is 2. The van der Waals surface area contributed by atoms with E-state index in [0.29, 0.717) is 4.91 Å². The van der Waals surface area contributed by atoms with Crippen LogP contribution in [0.25, 0.3) is 0 Å². The van der Waals surface area contributed by atoms with Crippen molar-refractivity contribution in [2.75, 3.05) is 0 Å². The third-order valence-electron chi connectivity index (χ3n) is 1.84. The summed E-state index contributed by atoms with van der Waals surface area (Å²) in [6.07, 6.45) is 2.75. The quantitative estimate of drug-likeness (QED) is 0.678. The lowest BCUT2D eigenvalue weighted by Crippen LogP contribution is -2.31. The van der Waals surface area contributed by atoms with E-state index in [4.69, 9.17) is 0 Å². The average molecular weight is 202 g/mol. The molecule has 13 heavy (non-hydrogen) atoms. The van der Waals surface area contributed by atoms with E-state index in [1.54, 1.807) is 12.2 Å². The first-order chi connectivity index (χ1) is 6.04. The highest BCUT2D eigenvalue weighted by Gasteiger charge is 2.26. The monoisotopic (exact) mass is 202 g/mol. The minimum absolute atomic E-state index is 0.0420. The van der Waals surface area contributed by atoms with Crippen molar-refractivity contribution >= 4 is 10.8 Å². The zero-order chi connectivity index (χ0) is 10.0. The van der Waals surface area contributed by atoms with Gasteiger partial charge in [0.2, 0.25) is 0 Å². The molecule has 1 aliphatic rings. The Morgan fingerprint density at radius 2 is 2.08 bits per heavy atom. The zero-order valence-electron chi connectivity index (χ0n) is 7.68. The molecule has 0 amide bonds. The van der Waals surface area contributed by atoms with E-state index in [1.807, 2.05) is 13.8 Å². The van der Waals surface area contributed by atoms with Gasteiger partial charge in [-0.05, 0) is 6.08 Å². The molecule has 0 aromatic heterocycles. The van der Waals surface area contributed by atoms with Crippen LogP contribution in [0, 0.1) is 0 Å². The number of rotatable bonds is 2. The maximum atomic E-state index is 11.6. The van der Waals surface area contributed by atoms with Crippen LogP contribution in [0.1, 0.15) is 13.8 Å². The standard InChI is InChI=1S/C9H14O3S/c1-6(2)13(12)8-5-3-4-7(10)9(8)11/h3-7,9-11H,1-2H3. The van der Waals surface area contributed by atoms with Gasteiger partial charge in [0.25, 0.3) is 0 Å². The van der Waals surface area contributed by atoms with E-state index in [2.05, 4.69) is 0 Å². The van der Waals surface area contributed by atoms with Crippen LogP contribution in [0.4, 0.5) is 0 Å². The topological polar surface area (TPSA) is 57.5 Å². The van der Waals surface area contributed by atoms with Gasteiger partial charge in [-0.1, -0.05) is 26.0 Å². The van der Waals surface area contributed by atoms with Crippen molar-refractivity contribution in [2.45, 2.75) is 31.3 Å². The van der Waals surface area contributed by atoms with Crippen LogP contribution in [0.2, 0.25) is 0 Å². The second-order valence-corrected chi connectivity index (χ2v) is 5.24. The fraction of sp³-hybridized carbons (Fsp3) is 0.556. The summed E-state index contributed by atoms with van der Waals surface area (Å²) in [5.74, 6) is 0. The molecule has 74 valence electrons. The number of hydrogen-bond donors (Lipinski definition) is 2. The van der Waals surface area contributed by atoms with Crippen molar-refractivity contribution in [3.63, 3.8) is 0 Å². The summed E-state index contributed by atoms with van der Waals surface area (Å²) in [7, 11) is -1.21. The fourth-order valence-corrected chi connectivity index (χ4v) is 2.23. The van der Waals surface area contributed by atoms with Crippen molar-refractivity contribution in [2.24, 2.45) is 0 Å². The lowest BCUT2D eigenvalue weighted by molar-refractivity contribution is 0.0765. The zero-order valence-corrected chi connectivity index (χ0v) is 8.49. The van der Waals surface area contributed by atoms with Crippen LogP contribution in [0.5, 0.6) is 0 Å². The molecule has 0 radical (unpaired) electrons. The van der Waals surface area contributed by atoms with Crippen LogP contribution in [-0.2, 0) is 10.8 Å². The van der Waals surface area contributed by atoms with Gasteiger partial charge in [0.15, 0.2) is 0 Å². The summed E-state index contributed by atoms with van der Waals surface area (Å²) >= 11 is 0. The number of hydrogen-bond acceptors (Lipinski definition) is 3. The summed E-state index contributed by atoms with van der Waals surface area (Å²) in [6.45, 7) is 3.63. The number of aliphatic hydroxyl groups excluding tert-OH is 2. The molecular formula is C9H14O3S. The van der Waals surface area contributed by atoms with Gasteiger partial charge in [0.05, 0.1) is 10.8 Å². The molecule has 1 rings (SSSR count). The maximum absolute atomic E-state index is 11.6. The van der Waals surface area contributed by atoms with Crippen LogP contribution in [0.15, 0.2) is 23.1 Å². The van der Waals surface area contributed by atoms with Crippen LogP contribution >= 0.6 is 0 Å². The molecule has 0 spiro atoms. The Morgan fingerprint density at radius 3 is 2.62 bits per heavy atom. The predicted octanol–water partition coefficient (Wildman–Crippen LogP) is 0.319. The van der Waals surface area contributed by atoms with Crippen molar-refractivity contribution in [3.05, 3.63) is 23.1 Å². The van der Waals surface area contributed by atoms with Crippen LogP contribution < -0.4 is 0 Å². The van der Waals surface area contributed by atoms with E-state index in [-0.39, 0.29) is 5.25 Å². The first kappa shape index (κ1) is 10.6. The van der Waals surface area contributed by atoms with E-state index in [1.165, 1.54) is 6.08 Å². The molecule has 4 heteroatoms. The minimum atomic E-state index is -1.21. The second-order valence-electron chi connectivity index (χ2n) is 3.24. The first-order valence-corrected chi connectivity index (χ1v) is 5.40. The van der Waals surface area contributed by atoms with E-state index >= 15 is 0 Å². The highest BCUT2D eigenvalue weighted by Crippen LogP contribution is 2.19. The SMILES string of the molecule is CC(C)S(=O)C1=CC=CC(O)C1O. The summed E-state index contributed by atoms with van der Waals surface area (Å²) in [4.78, 5) is 0.407. The average Bonchev–Trinajstić information content (AvgIpc) is 2.08. The van der Waals surface area contributed by atoms with Crippen molar-refractivity contribution in [1.82, 2.24) is 0 Å². The Hall–Kier alpha value is -0.450. The van der Waals surface area contributed by atoms with E-state index in [0.717, 1.165) is 0 Å². The molecule has 3 atom stereocenters. The van der Waals surface area contributed by atoms with Gasteiger partial charge in [0.1, 0.15) is 12.2 Å². The number of aliphatic hydroxyl groups is 2. The fourth-order valence-electron chi connectivity index (χ4n) is 1.09. The molecule has 0 fully saturated rings. The van der Waals surface area contributed by atoms with Gasteiger partial charge >= 0.3 is 0 Å². The van der Waals surface area contributed by atoms with Crippen molar-refractivity contribution in [1.29, 1.82) is 0 Å². The highest BCUT2D eigenvalue weighted by atomic mass is 32.2. The smallest absolute Gasteiger partial charge is 0.117 e. The summed E-state index contributed by atoms with van der Waals surface area (Å²) in [5, 5.41) is 18.7. The van der Waals surface area contributed by atoms with Crippen LogP contribution in [-0.4, -0.2) is 31.9 Å². The molecule has 2 N–H and O–H groups in total. The molecule has 3 unspecified atom stereocenters. The summed E-state index contributed by atoms with van der Waals surface area (Å²) in [5.41, 5.74) is 0. The predicted molar refractivity (Wildman–Crippen MR) is 52.5 cm³/mol. The molecule has 0 aromatic rings. The van der Waals surface area contributed by atoms with Crippen molar-refractivity contribution in [3.8, 4) is 0 Å². The second kappa shape index (κ2) is 4.17. The minimum Gasteiger partial charge on any atom is -0.386 e. The molecule has 3 nitrogen and oxygen atoms in total. The molecule has 0 saturated heterocycles. The summed E-state index contributed by atoms with van der Waals surface area (Å²) < 4.78 is 11.6. The van der Waals surface area contributed by atoms with E-state index < -0.39 is 23.0 Å². The molecule has 1 aliphatic carbocycles. The Balaban J connectivity index is 2.85. The molecule has 0 aliphatic heterocycles. The third-order valence-corrected chi connectivity index (χ3v) is 3.54. The Labute approximate surface area is 80.2 Å². The van der Waals surface area contributed by atoms with E-state index in [9.17, 15) is 14.4 Å². The highest BCUT2D eigenvalue weighted by molar-refractivity contribution is 7.89. The molecular weight excluding hydrogens is 188 g/mol. The lowest BCUT2D eigenvalue weighted by atomic mass is 10.1. The largest absolute Gasteiger partial charge is 0.386 e. The first-order valence-electron chi connectivity index (χ1n) is 4.19. The van der Waals surface area contributed by atoms with Gasteiger partial charge in [0, 0.05) is 10.2 Å². The van der Waals surface area contributed by atoms with Crippen LogP contribution in [0.3, 0.4) is 0 Å². The lowest BCUT2D eigenvalue weighted by Gasteiger charge is -2.21. The van der Waals surface area contributed by atoms with Gasteiger partial charge in [-0.15, -0.1) is 0 Å². The summed E-state index contributed by atoms with van der Waals surface area (Å²) in [6, 6.07) is 0. The van der Waals surface area contributed by atoms with Gasteiger partial charge in [-0.2, -0.15) is 0 Å². The Bertz CT molecular complexity index is 268. The molecule has 0 bridgehead atoms.